The number of ether oxygens (including phenoxy) is 1. The van der Waals surface area contributed by atoms with Crippen LogP contribution in [0.25, 0.3) is 11.1 Å². The number of aliphatic carboxylic acids is 1. The Morgan fingerprint density at radius 3 is 2.30 bits per heavy atom. The zero-order valence-corrected chi connectivity index (χ0v) is 14.6. The number of hydrogen-bond donors (Lipinski definition) is 2. The van der Waals surface area contributed by atoms with Gasteiger partial charge in [0.1, 0.15) is 6.61 Å². The van der Waals surface area contributed by atoms with Gasteiger partial charge in [0.25, 0.3) is 0 Å². The second-order valence-corrected chi connectivity index (χ2v) is 6.66. The lowest BCUT2D eigenvalue weighted by Gasteiger charge is -2.19. The van der Waals surface area contributed by atoms with Crippen molar-refractivity contribution in [2.45, 2.75) is 18.4 Å². The minimum absolute atomic E-state index is 0.000440. The fraction of sp³-hybridized carbons (Fsp3) is 0.182. The molecule has 0 spiro atoms. The molecule has 136 valence electrons. The first kappa shape index (κ1) is 17.1. The molecule has 0 aromatic heterocycles. The molecular formula is C22H19NO4. The van der Waals surface area contributed by atoms with E-state index < -0.39 is 12.1 Å². The average molecular weight is 361 g/mol. The number of allylic oxidation sites excluding steroid dienone is 2. The largest absolute Gasteiger partial charge is 0.478 e. The fourth-order valence-corrected chi connectivity index (χ4v) is 3.73. The maximum absolute atomic E-state index is 12.2. The summed E-state index contributed by atoms with van der Waals surface area (Å²) >= 11 is 0. The molecule has 0 saturated heterocycles. The third-order valence-corrected chi connectivity index (χ3v) is 5.00. The standard InChI is InChI=1S/C22H19NO4/c24-21(25)14-6-5-7-15(12-14)23-22(26)27-13-20-18-10-3-1-8-16(18)17-9-2-4-11-19(17)20/h1-11,15,20H,12-13H2,(H,23,26)(H,24,25)/t15-/m1/s1. The third-order valence-electron chi connectivity index (χ3n) is 5.00. The van der Waals surface area contributed by atoms with Crippen LogP contribution in [0.15, 0.2) is 72.3 Å². The van der Waals surface area contributed by atoms with E-state index in [9.17, 15) is 9.59 Å². The summed E-state index contributed by atoms with van der Waals surface area (Å²) in [5.41, 5.74) is 4.92. The summed E-state index contributed by atoms with van der Waals surface area (Å²) in [5, 5.41) is 11.8. The highest BCUT2D eigenvalue weighted by Gasteiger charge is 2.29. The van der Waals surface area contributed by atoms with E-state index in [1.54, 1.807) is 12.2 Å². The Morgan fingerprint density at radius 1 is 1.04 bits per heavy atom. The lowest BCUT2D eigenvalue weighted by molar-refractivity contribution is -0.132. The van der Waals surface area contributed by atoms with Crippen LogP contribution in [0.5, 0.6) is 0 Å². The van der Waals surface area contributed by atoms with Crippen molar-refractivity contribution < 1.29 is 19.4 Å². The molecule has 5 heteroatoms. The number of alkyl carbamates (subject to hydrolysis) is 1. The molecule has 0 fully saturated rings. The van der Waals surface area contributed by atoms with Gasteiger partial charge < -0.3 is 15.2 Å². The van der Waals surface area contributed by atoms with Crippen molar-refractivity contribution in [1.82, 2.24) is 5.32 Å². The highest BCUT2D eigenvalue weighted by Crippen LogP contribution is 2.44. The quantitative estimate of drug-likeness (QED) is 0.867. The Balaban J connectivity index is 1.42. The number of amides is 1. The van der Waals surface area contributed by atoms with Crippen LogP contribution in [0, 0.1) is 0 Å². The summed E-state index contributed by atoms with van der Waals surface area (Å²) in [4.78, 5) is 23.3. The fourth-order valence-electron chi connectivity index (χ4n) is 3.73. The van der Waals surface area contributed by atoms with E-state index in [2.05, 4.69) is 29.6 Å². The van der Waals surface area contributed by atoms with E-state index in [1.165, 1.54) is 17.2 Å². The van der Waals surface area contributed by atoms with Gasteiger partial charge in [-0.3, -0.25) is 0 Å². The topological polar surface area (TPSA) is 75.6 Å². The van der Waals surface area contributed by atoms with Crippen LogP contribution in [0.1, 0.15) is 23.5 Å². The summed E-state index contributed by atoms with van der Waals surface area (Å²) in [6, 6.07) is 15.9. The first-order valence-electron chi connectivity index (χ1n) is 8.85. The van der Waals surface area contributed by atoms with Crippen molar-refractivity contribution in [3.05, 3.63) is 83.5 Å². The number of nitrogens with one attached hydrogen (secondary N) is 1. The monoisotopic (exact) mass is 361 g/mol. The number of carboxylic acid groups (broad SMARTS) is 1. The molecule has 0 heterocycles. The van der Waals surface area contributed by atoms with Crippen LogP contribution >= 0.6 is 0 Å². The van der Waals surface area contributed by atoms with Crippen molar-refractivity contribution in [3.63, 3.8) is 0 Å². The van der Waals surface area contributed by atoms with Gasteiger partial charge in [0.15, 0.2) is 0 Å². The highest BCUT2D eigenvalue weighted by atomic mass is 16.5. The molecule has 5 nitrogen and oxygen atoms in total. The van der Waals surface area contributed by atoms with Crippen LogP contribution in [-0.4, -0.2) is 29.8 Å². The molecule has 2 aromatic carbocycles. The number of carbonyl (C=O) groups is 2. The predicted molar refractivity (Wildman–Crippen MR) is 101 cm³/mol. The first-order chi connectivity index (χ1) is 13.1. The van der Waals surface area contributed by atoms with Crippen LogP contribution in [0.3, 0.4) is 0 Å². The lowest BCUT2D eigenvalue weighted by atomic mass is 9.98. The number of carbonyl (C=O) groups excluding carboxylic acids is 1. The number of fused-ring (bicyclic) bond motifs is 3. The second-order valence-electron chi connectivity index (χ2n) is 6.66. The maximum Gasteiger partial charge on any atom is 0.407 e. The van der Waals surface area contributed by atoms with Crippen molar-refractivity contribution in [2.75, 3.05) is 6.61 Å². The normalized spacial score (nSPS) is 17.6. The minimum Gasteiger partial charge on any atom is -0.478 e. The van der Waals surface area contributed by atoms with Gasteiger partial charge in [-0.25, -0.2) is 9.59 Å². The molecule has 27 heavy (non-hydrogen) atoms. The molecule has 2 aliphatic carbocycles. The number of benzene rings is 2. The van der Waals surface area contributed by atoms with E-state index >= 15 is 0 Å². The molecule has 0 unspecified atom stereocenters. The van der Waals surface area contributed by atoms with Crippen molar-refractivity contribution in [2.24, 2.45) is 0 Å². The van der Waals surface area contributed by atoms with Gasteiger partial charge in [0.05, 0.1) is 6.04 Å². The smallest absolute Gasteiger partial charge is 0.407 e. The zero-order valence-electron chi connectivity index (χ0n) is 14.6. The van der Waals surface area contributed by atoms with Gasteiger partial charge in [-0.2, -0.15) is 0 Å². The number of rotatable bonds is 4. The molecule has 2 aromatic rings. The Bertz CT molecular complexity index is 915. The average Bonchev–Trinajstić information content (AvgIpc) is 3.00. The van der Waals surface area contributed by atoms with E-state index in [0.717, 1.165) is 11.1 Å². The molecule has 0 aliphatic heterocycles. The van der Waals surface area contributed by atoms with Gasteiger partial charge >= 0.3 is 12.1 Å². The first-order valence-corrected chi connectivity index (χ1v) is 8.85. The van der Waals surface area contributed by atoms with E-state index in [1.807, 2.05) is 24.3 Å². The molecule has 4 rings (SSSR count). The van der Waals surface area contributed by atoms with Crippen LogP contribution in [0.2, 0.25) is 0 Å². The number of hydrogen-bond acceptors (Lipinski definition) is 3. The molecule has 2 N–H and O–H groups in total. The lowest BCUT2D eigenvalue weighted by Crippen LogP contribution is -2.36. The van der Waals surface area contributed by atoms with Gasteiger partial charge in [-0.05, 0) is 22.3 Å². The summed E-state index contributed by atoms with van der Waals surface area (Å²) in [7, 11) is 0. The summed E-state index contributed by atoms with van der Waals surface area (Å²) in [6.45, 7) is 0.234. The highest BCUT2D eigenvalue weighted by molar-refractivity contribution is 5.87. The van der Waals surface area contributed by atoms with Crippen molar-refractivity contribution in [1.29, 1.82) is 0 Å². The molecular weight excluding hydrogens is 342 g/mol. The summed E-state index contributed by atoms with van der Waals surface area (Å²) in [5.74, 6) is -0.974. The molecule has 1 amide bonds. The van der Waals surface area contributed by atoms with Crippen molar-refractivity contribution in [3.8, 4) is 11.1 Å². The minimum atomic E-state index is -0.973. The van der Waals surface area contributed by atoms with Crippen molar-refractivity contribution >= 4 is 12.1 Å². The van der Waals surface area contributed by atoms with Gasteiger partial charge in [-0.1, -0.05) is 66.8 Å². The van der Waals surface area contributed by atoms with Gasteiger partial charge in [-0.15, -0.1) is 0 Å². The third kappa shape index (κ3) is 3.36. The van der Waals surface area contributed by atoms with Crippen LogP contribution in [0.4, 0.5) is 4.79 Å². The van der Waals surface area contributed by atoms with E-state index in [0.29, 0.717) is 0 Å². The van der Waals surface area contributed by atoms with Crippen LogP contribution < -0.4 is 5.32 Å². The second kappa shape index (κ2) is 7.11. The molecule has 0 saturated carbocycles. The molecule has 1 atom stereocenters. The Kier molecular flexibility index (Phi) is 4.50. The van der Waals surface area contributed by atoms with Gasteiger partial charge in [0.2, 0.25) is 0 Å². The van der Waals surface area contributed by atoms with E-state index in [-0.39, 0.29) is 30.6 Å². The van der Waals surface area contributed by atoms with Crippen LogP contribution in [-0.2, 0) is 9.53 Å². The SMILES string of the molecule is O=C(N[C@@H]1C=CC=C(C(=O)O)C1)OCC1c2ccccc2-c2ccccc21. The molecule has 0 bridgehead atoms. The number of carboxylic acids is 1. The van der Waals surface area contributed by atoms with Gasteiger partial charge in [0, 0.05) is 17.9 Å². The Morgan fingerprint density at radius 2 is 1.67 bits per heavy atom. The molecule has 0 radical (unpaired) electrons. The molecule has 2 aliphatic rings. The van der Waals surface area contributed by atoms with E-state index in [4.69, 9.17) is 9.84 Å². The Hall–Kier alpha value is -3.34. The maximum atomic E-state index is 12.2. The zero-order chi connectivity index (χ0) is 18.8. The Labute approximate surface area is 157 Å². The summed E-state index contributed by atoms with van der Waals surface area (Å²) in [6.07, 6.45) is 4.64. The summed E-state index contributed by atoms with van der Waals surface area (Å²) < 4.78 is 5.49. The predicted octanol–water partition coefficient (Wildman–Crippen LogP) is 3.86.